The molecule has 28 heavy (non-hydrogen) atoms. The van der Waals surface area contributed by atoms with Crippen molar-refractivity contribution in [3.63, 3.8) is 0 Å². The van der Waals surface area contributed by atoms with Gasteiger partial charge in [-0.1, -0.05) is 26.2 Å². The quantitative estimate of drug-likeness (QED) is 0.295. The molecule has 0 aromatic heterocycles. The number of morpholine rings is 1. The summed E-state index contributed by atoms with van der Waals surface area (Å²) >= 11 is 0. The molecule has 0 bridgehead atoms. The van der Waals surface area contributed by atoms with Gasteiger partial charge in [0.1, 0.15) is 5.70 Å². The Morgan fingerprint density at radius 1 is 1.04 bits per heavy atom. The Hall–Kier alpha value is -2.74. The lowest BCUT2D eigenvalue weighted by molar-refractivity contribution is -0.384. The number of carbonyl (C=O) groups is 2. The summed E-state index contributed by atoms with van der Waals surface area (Å²) in [5, 5.41) is 10.9. The van der Waals surface area contributed by atoms with Crippen LogP contribution in [0.1, 0.15) is 38.2 Å². The molecule has 0 aliphatic carbocycles. The van der Waals surface area contributed by atoms with E-state index >= 15 is 0 Å². The summed E-state index contributed by atoms with van der Waals surface area (Å²) < 4.78 is 5.37. The van der Waals surface area contributed by atoms with Gasteiger partial charge in [0.2, 0.25) is 0 Å². The molecular weight excluding hydrogens is 362 g/mol. The molecular formula is C20H25N3O5. The van der Waals surface area contributed by atoms with Crippen LogP contribution in [0.15, 0.2) is 30.0 Å². The molecule has 3 rings (SSSR count). The van der Waals surface area contributed by atoms with Crippen LogP contribution in [0, 0.1) is 10.1 Å². The fourth-order valence-electron chi connectivity index (χ4n) is 3.55. The van der Waals surface area contributed by atoms with E-state index < -0.39 is 4.92 Å². The SMILES string of the molecule is CCCCCCN1C(=O)C(c2ccc([N+](=O)[O-])cc2)=C(N2CCOCC2)C1=O. The van der Waals surface area contributed by atoms with E-state index in [0.29, 0.717) is 49.7 Å². The monoisotopic (exact) mass is 387 g/mol. The number of ether oxygens (including phenoxy) is 1. The Kier molecular flexibility index (Phi) is 6.41. The van der Waals surface area contributed by atoms with Crippen molar-refractivity contribution in [1.29, 1.82) is 0 Å². The van der Waals surface area contributed by atoms with Crippen LogP contribution in [-0.2, 0) is 14.3 Å². The van der Waals surface area contributed by atoms with Crippen LogP contribution in [-0.4, -0.2) is 59.4 Å². The Bertz CT molecular complexity index is 782. The summed E-state index contributed by atoms with van der Waals surface area (Å²) in [7, 11) is 0. The average molecular weight is 387 g/mol. The molecule has 2 heterocycles. The van der Waals surface area contributed by atoms with Gasteiger partial charge in [0, 0.05) is 31.8 Å². The summed E-state index contributed by atoms with van der Waals surface area (Å²) in [4.78, 5) is 39.9. The largest absolute Gasteiger partial charge is 0.378 e. The molecule has 2 aliphatic rings. The van der Waals surface area contributed by atoms with Gasteiger partial charge >= 0.3 is 0 Å². The number of carbonyl (C=O) groups excluding carboxylic acids is 2. The lowest BCUT2D eigenvalue weighted by Crippen LogP contribution is -2.40. The summed E-state index contributed by atoms with van der Waals surface area (Å²) in [6.07, 6.45) is 3.88. The number of hydrogen-bond donors (Lipinski definition) is 0. The van der Waals surface area contributed by atoms with Crippen LogP contribution in [0.5, 0.6) is 0 Å². The third-order valence-electron chi connectivity index (χ3n) is 5.07. The average Bonchev–Trinajstić information content (AvgIpc) is 2.96. The molecule has 2 aliphatic heterocycles. The molecule has 1 aromatic carbocycles. The lowest BCUT2D eigenvalue weighted by atomic mass is 10.0. The maximum Gasteiger partial charge on any atom is 0.277 e. The summed E-state index contributed by atoms with van der Waals surface area (Å²) in [6.45, 7) is 4.56. The number of imide groups is 1. The van der Waals surface area contributed by atoms with Gasteiger partial charge in [0.05, 0.1) is 23.7 Å². The highest BCUT2D eigenvalue weighted by Gasteiger charge is 2.41. The highest BCUT2D eigenvalue weighted by atomic mass is 16.6. The molecule has 0 radical (unpaired) electrons. The van der Waals surface area contributed by atoms with Crippen LogP contribution in [0.2, 0.25) is 0 Å². The number of hydrogen-bond acceptors (Lipinski definition) is 6. The van der Waals surface area contributed by atoms with E-state index in [-0.39, 0.29) is 17.5 Å². The second kappa shape index (κ2) is 8.97. The number of nitro groups is 1. The van der Waals surface area contributed by atoms with Crippen molar-refractivity contribution >= 4 is 23.1 Å². The van der Waals surface area contributed by atoms with Crippen molar-refractivity contribution in [2.24, 2.45) is 0 Å². The fraction of sp³-hybridized carbons (Fsp3) is 0.500. The van der Waals surface area contributed by atoms with Gasteiger partial charge in [-0.25, -0.2) is 0 Å². The molecule has 8 heteroatoms. The fourth-order valence-corrected chi connectivity index (χ4v) is 3.55. The highest BCUT2D eigenvalue weighted by Crippen LogP contribution is 2.33. The number of nitrogens with zero attached hydrogens (tertiary/aromatic N) is 3. The van der Waals surface area contributed by atoms with E-state index in [0.717, 1.165) is 25.7 Å². The van der Waals surface area contributed by atoms with E-state index in [9.17, 15) is 19.7 Å². The minimum atomic E-state index is -0.483. The predicted octanol–water partition coefficient (Wildman–Crippen LogP) is 2.59. The van der Waals surface area contributed by atoms with Gasteiger partial charge in [0.15, 0.2) is 0 Å². The van der Waals surface area contributed by atoms with Crippen molar-refractivity contribution < 1.29 is 19.2 Å². The molecule has 1 saturated heterocycles. The molecule has 1 fully saturated rings. The van der Waals surface area contributed by atoms with Crippen LogP contribution in [0.4, 0.5) is 5.69 Å². The maximum absolute atomic E-state index is 13.1. The number of unbranched alkanes of at least 4 members (excludes halogenated alkanes) is 3. The van der Waals surface area contributed by atoms with Gasteiger partial charge in [-0.15, -0.1) is 0 Å². The lowest BCUT2D eigenvalue weighted by Gasteiger charge is -2.29. The number of non-ortho nitro benzene ring substituents is 1. The summed E-state index contributed by atoms with van der Waals surface area (Å²) in [6, 6.07) is 5.81. The maximum atomic E-state index is 13.1. The number of benzene rings is 1. The first kappa shape index (κ1) is 20.0. The van der Waals surface area contributed by atoms with Crippen LogP contribution < -0.4 is 0 Å². The van der Waals surface area contributed by atoms with Crippen molar-refractivity contribution in [2.75, 3.05) is 32.8 Å². The smallest absolute Gasteiger partial charge is 0.277 e. The molecule has 0 atom stereocenters. The Morgan fingerprint density at radius 3 is 2.32 bits per heavy atom. The molecule has 150 valence electrons. The van der Waals surface area contributed by atoms with Gasteiger partial charge in [0.25, 0.3) is 17.5 Å². The number of amides is 2. The second-order valence-electron chi connectivity index (χ2n) is 6.95. The zero-order chi connectivity index (χ0) is 20.1. The molecule has 0 spiro atoms. The molecule has 2 amide bonds. The number of rotatable bonds is 8. The van der Waals surface area contributed by atoms with E-state index in [1.165, 1.54) is 17.0 Å². The van der Waals surface area contributed by atoms with Crippen molar-refractivity contribution in [3.8, 4) is 0 Å². The Morgan fingerprint density at radius 2 is 1.71 bits per heavy atom. The molecule has 0 unspecified atom stereocenters. The van der Waals surface area contributed by atoms with E-state index in [4.69, 9.17) is 4.74 Å². The van der Waals surface area contributed by atoms with Crippen LogP contribution >= 0.6 is 0 Å². The second-order valence-corrected chi connectivity index (χ2v) is 6.95. The van der Waals surface area contributed by atoms with Gasteiger partial charge in [-0.3, -0.25) is 24.6 Å². The zero-order valence-corrected chi connectivity index (χ0v) is 16.1. The number of nitro benzene ring substituents is 1. The van der Waals surface area contributed by atoms with Crippen molar-refractivity contribution in [1.82, 2.24) is 9.80 Å². The zero-order valence-electron chi connectivity index (χ0n) is 16.1. The van der Waals surface area contributed by atoms with E-state index in [1.54, 1.807) is 12.1 Å². The van der Waals surface area contributed by atoms with Gasteiger partial charge in [-0.2, -0.15) is 0 Å². The summed E-state index contributed by atoms with van der Waals surface area (Å²) in [5.41, 5.74) is 1.20. The Labute approximate surface area is 163 Å². The van der Waals surface area contributed by atoms with Crippen molar-refractivity contribution in [3.05, 3.63) is 45.6 Å². The predicted molar refractivity (Wildman–Crippen MR) is 103 cm³/mol. The first-order valence-corrected chi connectivity index (χ1v) is 9.72. The normalized spacial score (nSPS) is 17.6. The summed E-state index contributed by atoms with van der Waals surface area (Å²) in [5.74, 6) is -0.603. The minimum Gasteiger partial charge on any atom is -0.378 e. The van der Waals surface area contributed by atoms with Crippen LogP contribution in [0.3, 0.4) is 0 Å². The minimum absolute atomic E-state index is 0.0505. The van der Waals surface area contributed by atoms with E-state index in [1.807, 2.05) is 4.90 Å². The highest BCUT2D eigenvalue weighted by molar-refractivity contribution is 6.35. The topological polar surface area (TPSA) is 93.0 Å². The van der Waals surface area contributed by atoms with Gasteiger partial charge < -0.3 is 9.64 Å². The molecule has 8 nitrogen and oxygen atoms in total. The first-order valence-electron chi connectivity index (χ1n) is 9.72. The van der Waals surface area contributed by atoms with Crippen molar-refractivity contribution in [2.45, 2.75) is 32.6 Å². The van der Waals surface area contributed by atoms with E-state index in [2.05, 4.69) is 6.92 Å². The van der Waals surface area contributed by atoms with Crippen LogP contribution in [0.25, 0.3) is 5.57 Å². The molecule has 1 aromatic rings. The standard InChI is InChI=1S/C20H25N3O5/c1-2-3-4-5-10-22-19(24)17(15-6-8-16(9-7-15)23(26)27)18(20(22)25)21-11-13-28-14-12-21/h6-9H,2-5,10-14H2,1H3. The third kappa shape index (κ3) is 4.06. The molecule has 0 saturated carbocycles. The van der Waals surface area contributed by atoms with Gasteiger partial charge in [-0.05, 0) is 24.1 Å². The third-order valence-corrected chi connectivity index (χ3v) is 5.07. The first-order chi connectivity index (χ1) is 13.5. The Balaban J connectivity index is 1.92. The molecule has 0 N–H and O–H groups in total.